The Morgan fingerprint density at radius 1 is 1.38 bits per heavy atom. The highest BCUT2D eigenvalue weighted by Crippen LogP contribution is 2.11. The van der Waals surface area contributed by atoms with Crippen molar-refractivity contribution in [2.45, 2.75) is 45.7 Å². The number of nitrogens with one attached hydrogen (secondary N) is 2. The molecule has 0 saturated carbocycles. The molecule has 0 aliphatic carbocycles. The van der Waals surface area contributed by atoms with Crippen molar-refractivity contribution >= 4 is 5.91 Å². The zero-order valence-corrected chi connectivity index (χ0v) is 10.8. The highest BCUT2D eigenvalue weighted by Gasteiger charge is 2.26. The fourth-order valence-corrected chi connectivity index (χ4v) is 2.24. The number of piperazine rings is 1. The first-order chi connectivity index (χ1) is 7.71. The van der Waals surface area contributed by atoms with E-state index in [0.29, 0.717) is 18.6 Å². The summed E-state index contributed by atoms with van der Waals surface area (Å²) in [5.41, 5.74) is 0. The summed E-state index contributed by atoms with van der Waals surface area (Å²) < 4.78 is 0. The molecule has 1 aliphatic rings. The zero-order valence-electron chi connectivity index (χ0n) is 10.8. The molecule has 4 nitrogen and oxygen atoms in total. The predicted molar refractivity (Wildman–Crippen MR) is 66.4 cm³/mol. The maximum Gasteiger partial charge on any atom is 0.234 e. The van der Waals surface area contributed by atoms with E-state index < -0.39 is 0 Å². The first kappa shape index (κ1) is 13.5. The number of hydrogen-bond acceptors (Lipinski definition) is 3. The molecule has 1 heterocycles. The minimum atomic E-state index is 0.151. The van der Waals surface area contributed by atoms with Crippen LogP contribution in [0.3, 0.4) is 0 Å². The van der Waals surface area contributed by atoms with E-state index in [1.165, 1.54) is 0 Å². The summed E-state index contributed by atoms with van der Waals surface area (Å²) in [7, 11) is 0. The van der Waals surface area contributed by atoms with Crippen molar-refractivity contribution in [2.24, 2.45) is 0 Å². The molecule has 0 aromatic heterocycles. The lowest BCUT2D eigenvalue weighted by atomic mass is 10.1. The van der Waals surface area contributed by atoms with Crippen molar-refractivity contribution in [2.75, 3.05) is 26.2 Å². The first-order valence-electron chi connectivity index (χ1n) is 6.45. The highest BCUT2D eigenvalue weighted by atomic mass is 16.2. The monoisotopic (exact) mass is 227 g/mol. The maximum atomic E-state index is 11.6. The van der Waals surface area contributed by atoms with Gasteiger partial charge in [-0.3, -0.25) is 9.69 Å². The molecule has 0 bridgehead atoms. The summed E-state index contributed by atoms with van der Waals surface area (Å²) >= 11 is 0. The molecule has 16 heavy (non-hydrogen) atoms. The molecular weight excluding hydrogens is 202 g/mol. The van der Waals surface area contributed by atoms with Crippen LogP contribution in [0.2, 0.25) is 0 Å². The van der Waals surface area contributed by atoms with Crippen LogP contribution in [0, 0.1) is 0 Å². The average Bonchev–Trinajstić information content (AvgIpc) is 2.29. The standard InChI is InChI=1S/C12H25N3O/c1-4-10-8-15(9-12(16)13-6-3)11(5-2)7-14-10/h10-11,14H,4-9H2,1-3H3,(H,13,16). The molecule has 1 amide bonds. The van der Waals surface area contributed by atoms with Crippen LogP contribution in [-0.2, 0) is 4.79 Å². The molecule has 0 aromatic carbocycles. The van der Waals surface area contributed by atoms with E-state index >= 15 is 0 Å². The minimum Gasteiger partial charge on any atom is -0.355 e. The van der Waals surface area contributed by atoms with Crippen molar-refractivity contribution in [3.63, 3.8) is 0 Å². The number of hydrogen-bond donors (Lipinski definition) is 2. The molecule has 2 atom stereocenters. The van der Waals surface area contributed by atoms with Crippen LogP contribution in [0.25, 0.3) is 0 Å². The molecule has 1 aliphatic heterocycles. The summed E-state index contributed by atoms with van der Waals surface area (Å²) in [6.45, 7) is 9.60. The van der Waals surface area contributed by atoms with Gasteiger partial charge in [0.05, 0.1) is 6.54 Å². The summed E-state index contributed by atoms with van der Waals surface area (Å²) in [4.78, 5) is 13.9. The Morgan fingerprint density at radius 3 is 2.69 bits per heavy atom. The van der Waals surface area contributed by atoms with Crippen LogP contribution in [0.15, 0.2) is 0 Å². The lowest BCUT2D eigenvalue weighted by Gasteiger charge is -2.39. The van der Waals surface area contributed by atoms with Gasteiger partial charge in [-0.2, -0.15) is 0 Å². The molecular formula is C12H25N3O. The van der Waals surface area contributed by atoms with Crippen LogP contribution in [-0.4, -0.2) is 49.1 Å². The summed E-state index contributed by atoms with van der Waals surface area (Å²) in [5, 5.41) is 6.40. The maximum absolute atomic E-state index is 11.6. The fraction of sp³-hybridized carbons (Fsp3) is 0.917. The van der Waals surface area contributed by atoms with Crippen LogP contribution in [0.5, 0.6) is 0 Å². The van der Waals surface area contributed by atoms with Gasteiger partial charge in [-0.05, 0) is 19.8 Å². The van der Waals surface area contributed by atoms with Gasteiger partial charge in [0, 0.05) is 31.7 Å². The molecule has 1 rings (SSSR count). The van der Waals surface area contributed by atoms with Gasteiger partial charge in [0.25, 0.3) is 0 Å². The van der Waals surface area contributed by atoms with Crippen molar-refractivity contribution in [1.29, 1.82) is 0 Å². The molecule has 94 valence electrons. The number of nitrogens with zero attached hydrogens (tertiary/aromatic N) is 1. The van der Waals surface area contributed by atoms with Crippen molar-refractivity contribution < 1.29 is 4.79 Å². The lowest BCUT2D eigenvalue weighted by molar-refractivity contribution is -0.123. The Kier molecular flexibility index (Phi) is 5.77. The second-order valence-electron chi connectivity index (χ2n) is 4.46. The third-order valence-corrected chi connectivity index (χ3v) is 3.30. The topological polar surface area (TPSA) is 44.4 Å². The SMILES string of the molecule is CCNC(=O)CN1CC(CC)NCC1CC. The Balaban J connectivity index is 2.47. The van der Waals surface area contributed by atoms with E-state index in [1.807, 2.05) is 6.92 Å². The number of rotatable bonds is 5. The summed E-state index contributed by atoms with van der Waals surface area (Å²) in [6.07, 6.45) is 2.23. The van der Waals surface area contributed by atoms with E-state index in [9.17, 15) is 4.79 Å². The number of carbonyl (C=O) groups is 1. The Morgan fingerprint density at radius 2 is 2.12 bits per heavy atom. The highest BCUT2D eigenvalue weighted by molar-refractivity contribution is 5.78. The van der Waals surface area contributed by atoms with Crippen molar-refractivity contribution in [3.8, 4) is 0 Å². The molecule has 1 fully saturated rings. The molecule has 2 N–H and O–H groups in total. The minimum absolute atomic E-state index is 0.151. The van der Waals surface area contributed by atoms with Crippen LogP contribution in [0.4, 0.5) is 0 Å². The summed E-state index contributed by atoms with van der Waals surface area (Å²) in [5.74, 6) is 0.151. The van der Waals surface area contributed by atoms with Gasteiger partial charge in [-0.15, -0.1) is 0 Å². The molecule has 2 unspecified atom stereocenters. The Hall–Kier alpha value is -0.610. The second-order valence-corrected chi connectivity index (χ2v) is 4.46. The smallest absolute Gasteiger partial charge is 0.234 e. The quantitative estimate of drug-likeness (QED) is 0.722. The van der Waals surface area contributed by atoms with E-state index in [4.69, 9.17) is 0 Å². The van der Waals surface area contributed by atoms with Gasteiger partial charge in [0.2, 0.25) is 5.91 Å². The van der Waals surface area contributed by atoms with Crippen molar-refractivity contribution in [1.82, 2.24) is 15.5 Å². The number of carbonyl (C=O) groups excluding carboxylic acids is 1. The average molecular weight is 227 g/mol. The van der Waals surface area contributed by atoms with Crippen molar-refractivity contribution in [3.05, 3.63) is 0 Å². The van der Waals surface area contributed by atoms with Crippen LogP contribution in [0.1, 0.15) is 33.6 Å². The van der Waals surface area contributed by atoms with Gasteiger partial charge in [0.15, 0.2) is 0 Å². The van der Waals surface area contributed by atoms with E-state index in [-0.39, 0.29) is 5.91 Å². The van der Waals surface area contributed by atoms with E-state index in [2.05, 4.69) is 29.4 Å². The Bertz CT molecular complexity index is 220. The lowest BCUT2D eigenvalue weighted by Crippen LogP contribution is -2.58. The predicted octanol–water partition coefficient (Wildman–Crippen LogP) is 0.585. The van der Waals surface area contributed by atoms with Gasteiger partial charge in [-0.1, -0.05) is 13.8 Å². The van der Waals surface area contributed by atoms with Gasteiger partial charge < -0.3 is 10.6 Å². The van der Waals surface area contributed by atoms with Gasteiger partial charge in [-0.25, -0.2) is 0 Å². The Labute approximate surface area is 98.8 Å². The van der Waals surface area contributed by atoms with Crippen LogP contribution < -0.4 is 10.6 Å². The third kappa shape index (κ3) is 3.76. The third-order valence-electron chi connectivity index (χ3n) is 3.30. The van der Waals surface area contributed by atoms with E-state index in [0.717, 1.165) is 32.5 Å². The largest absolute Gasteiger partial charge is 0.355 e. The molecule has 0 aromatic rings. The van der Waals surface area contributed by atoms with Gasteiger partial charge in [0.1, 0.15) is 0 Å². The number of likely N-dealkylation sites (N-methyl/N-ethyl adjacent to an activating group) is 1. The summed E-state index contributed by atoms with van der Waals surface area (Å²) in [6, 6.07) is 1.04. The van der Waals surface area contributed by atoms with E-state index in [1.54, 1.807) is 0 Å². The number of amides is 1. The second kappa shape index (κ2) is 6.86. The molecule has 4 heteroatoms. The molecule has 1 saturated heterocycles. The normalized spacial score (nSPS) is 26.7. The fourth-order valence-electron chi connectivity index (χ4n) is 2.24. The van der Waals surface area contributed by atoms with Crippen LogP contribution >= 0.6 is 0 Å². The first-order valence-corrected chi connectivity index (χ1v) is 6.45. The molecule has 0 radical (unpaired) electrons. The molecule has 0 spiro atoms. The zero-order chi connectivity index (χ0) is 12.0. The van der Waals surface area contributed by atoms with Gasteiger partial charge >= 0.3 is 0 Å².